The van der Waals surface area contributed by atoms with Gasteiger partial charge < -0.3 is 24.3 Å². The fourth-order valence-corrected chi connectivity index (χ4v) is 3.09. The van der Waals surface area contributed by atoms with Gasteiger partial charge in [-0.05, 0) is 26.0 Å². The topological polar surface area (TPSA) is 113 Å². The third-order valence-corrected chi connectivity index (χ3v) is 4.92. The predicted molar refractivity (Wildman–Crippen MR) is 125 cm³/mol. The minimum atomic E-state index is -1.02. The minimum absolute atomic E-state index is 0.125. The van der Waals surface area contributed by atoms with Crippen LogP contribution < -0.4 is 19.5 Å². The van der Waals surface area contributed by atoms with Crippen LogP contribution in [0.3, 0.4) is 0 Å². The van der Waals surface area contributed by atoms with Crippen LogP contribution >= 0.6 is 0 Å². The summed E-state index contributed by atoms with van der Waals surface area (Å²) in [5.41, 5.74) is -0.201. The monoisotopic (exact) mass is 470 g/mol. The standard InChI is InChI=1S/C25H30N2O7/c1-7-15(2)22(34-19-11-9-8-10-12-19)17(4)32-25(30)16(3)27-24(29)21-23(33-18(5)28)20(31-6)13-14-26-21/h7-17,22H,1H2,2-6H3,(H,27,29)/t15-,16-,17-,22+/m0/s1. The summed E-state index contributed by atoms with van der Waals surface area (Å²) in [6.45, 7) is 10.1. The highest BCUT2D eigenvalue weighted by Gasteiger charge is 2.30. The van der Waals surface area contributed by atoms with Crippen molar-refractivity contribution in [1.29, 1.82) is 0 Å². The van der Waals surface area contributed by atoms with Crippen LogP contribution in [0.2, 0.25) is 0 Å². The summed E-state index contributed by atoms with van der Waals surface area (Å²) in [7, 11) is 1.36. The number of pyridine rings is 1. The molecule has 0 saturated heterocycles. The normalized spacial score (nSPS) is 14.0. The number of amides is 1. The first-order valence-corrected chi connectivity index (χ1v) is 10.7. The Kier molecular flexibility index (Phi) is 9.61. The molecule has 2 rings (SSSR count). The number of rotatable bonds is 11. The lowest BCUT2D eigenvalue weighted by atomic mass is 10.0. The number of hydrogen-bond donors (Lipinski definition) is 1. The van der Waals surface area contributed by atoms with Gasteiger partial charge in [0, 0.05) is 25.1 Å². The molecule has 0 radical (unpaired) electrons. The molecule has 1 aromatic heterocycles. The molecule has 182 valence electrons. The molecule has 0 aliphatic heterocycles. The number of nitrogens with zero attached hydrogens (tertiary/aromatic N) is 1. The van der Waals surface area contributed by atoms with E-state index in [9.17, 15) is 14.4 Å². The molecular weight excluding hydrogens is 440 g/mol. The Morgan fingerprint density at radius 3 is 2.35 bits per heavy atom. The second kappa shape index (κ2) is 12.4. The molecule has 0 bridgehead atoms. The van der Waals surface area contributed by atoms with Crippen molar-refractivity contribution < 1.29 is 33.3 Å². The van der Waals surface area contributed by atoms with Crippen molar-refractivity contribution in [3.63, 3.8) is 0 Å². The number of hydrogen-bond acceptors (Lipinski definition) is 8. The fourth-order valence-electron chi connectivity index (χ4n) is 3.09. The van der Waals surface area contributed by atoms with Crippen LogP contribution in [0.15, 0.2) is 55.3 Å². The number of carbonyl (C=O) groups is 3. The maximum Gasteiger partial charge on any atom is 0.328 e. The highest BCUT2D eigenvalue weighted by Crippen LogP contribution is 2.29. The number of para-hydroxylation sites is 1. The number of nitrogens with one attached hydrogen (secondary N) is 1. The Morgan fingerprint density at radius 2 is 1.76 bits per heavy atom. The van der Waals surface area contributed by atoms with Crippen molar-refractivity contribution in [1.82, 2.24) is 10.3 Å². The molecule has 1 N–H and O–H groups in total. The lowest BCUT2D eigenvalue weighted by Gasteiger charge is -2.29. The first-order valence-electron chi connectivity index (χ1n) is 10.7. The van der Waals surface area contributed by atoms with E-state index in [4.69, 9.17) is 18.9 Å². The second-order valence-electron chi connectivity index (χ2n) is 7.61. The van der Waals surface area contributed by atoms with Gasteiger partial charge in [0.25, 0.3) is 5.91 Å². The zero-order valence-electron chi connectivity index (χ0n) is 19.9. The largest absolute Gasteiger partial charge is 0.493 e. The summed E-state index contributed by atoms with van der Waals surface area (Å²) in [4.78, 5) is 40.9. The molecule has 4 atom stereocenters. The van der Waals surface area contributed by atoms with E-state index in [1.165, 1.54) is 33.2 Å². The highest BCUT2D eigenvalue weighted by molar-refractivity contribution is 5.98. The van der Waals surface area contributed by atoms with Crippen molar-refractivity contribution in [3.05, 3.63) is 60.9 Å². The number of aromatic nitrogens is 1. The van der Waals surface area contributed by atoms with Crippen LogP contribution in [-0.4, -0.2) is 48.2 Å². The molecule has 1 amide bonds. The Hall–Kier alpha value is -3.88. The zero-order chi connectivity index (χ0) is 25.3. The van der Waals surface area contributed by atoms with Crippen molar-refractivity contribution >= 4 is 17.8 Å². The average molecular weight is 471 g/mol. The van der Waals surface area contributed by atoms with E-state index in [0.717, 1.165) is 0 Å². The number of methoxy groups -OCH3 is 1. The number of ether oxygens (including phenoxy) is 4. The molecule has 0 aliphatic rings. The molecule has 0 fully saturated rings. The summed E-state index contributed by atoms with van der Waals surface area (Å²) in [6.07, 6.45) is 1.90. The summed E-state index contributed by atoms with van der Waals surface area (Å²) in [5.74, 6) is -1.53. The van der Waals surface area contributed by atoms with Gasteiger partial charge in [-0.2, -0.15) is 0 Å². The molecule has 0 spiro atoms. The Morgan fingerprint density at radius 1 is 1.09 bits per heavy atom. The first kappa shape index (κ1) is 26.4. The maximum absolute atomic E-state index is 12.8. The van der Waals surface area contributed by atoms with E-state index in [1.807, 2.05) is 37.3 Å². The highest BCUT2D eigenvalue weighted by atomic mass is 16.6. The van der Waals surface area contributed by atoms with E-state index >= 15 is 0 Å². The van der Waals surface area contributed by atoms with E-state index in [-0.39, 0.29) is 23.1 Å². The molecule has 1 heterocycles. The molecule has 2 aromatic rings. The molecule has 0 saturated carbocycles. The first-order chi connectivity index (χ1) is 16.2. The van der Waals surface area contributed by atoms with Crippen LogP contribution in [0.5, 0.6) is 17.2 Å². The van der Waals surface area contributed by atoms with Crippen molar-refractivity contribution in [2.75, 3.05) is 7.11 Å². The number of benzene rings is 1. The van der Waals surface area contributed by atoms with Crippen LogP contribution in [0.4, 0.5) is 0 Å². The van der Waals surface area contributed by atoms with Gasteiger partial charge in [-0.1, -0.05) is 31.2 Å². The number of carbonyl (C=O) groups excluding carboxylic acids is 3. The molecule has 34 heavy (non-hydrogen) atoms. The van der Waals surface area contributed by atoms with Gasteiger partial charge in [-0.15, -0.1) is 6.58 Å². The van der Waals surface area contributed by atoms with Gasteiger partial charge in [0.05, 0.1) is 7.11 Å². The van der Waals surface area contributed by atoms with Crippen LogP contribution in [-0.2, 0) is 14.3 Å². The average Bonchev–Trinajstić information content (AvgIpc) is 2.82. The van der Waals surface area contributed by atoms with Crippen LogP contribution in [0, 0.1) is 5.92 Å². The Bertz CT molecular complexity index is 1010. The van der Waals surface area contributed by atoms with Gasteiger partial charge in [0.15, 0.2) is 11.4 Å². The predicted octanol–water partition coefficient (Wildman–Crippen LogP) is 3.34. The number of esters is 2. The summed E-state index contributed by atoms with van der Waals surface area (Å²) >= 11 is 0. The van der Waals surface area contributed by atoms with Gasteiger partial charge in [-0.3, -0.25) is 9.59 Å². The third kappa shape index (κ3) is 7.06. The molecule has 9 heteroatoms. The van der Waals surface area contributed by atoms with Gasteiger partial charge >= 0.3 is 11.9 Å². The summed E-state index contributed by atoms with van der Waals surface area (Å²) < 4.78 is 21.9. The summed E-state index contributed by atoms with van der Waals surface area (Å²) in [5, 5.41) is 2.51. The van der Waals surface area contributed by atoms with Crippen LogP contribution in [0.1, 0.15) is 38.2 Å². The van der Waals surface area contributed by atoms with E-state index in [1.54, 1.807) is 13.0 Å². The van der Waals surface area contributed by atoms with Gasteiger partial charge in [0.2, 0.25) is 5.75 Å². The summed E-state index contributed by atoms with van der Waals surface area (Å²) in [6, 6.07) is 9.60. The van der Waals surface area contributed by atoms with Gasteiger partial charge in [-0.25, -0.2) is 9.78 Å². The lowest BCUT2D eigenvalue weighted by molar-refractivity contribution is -0.155. The van der Waals surface area contributed by atoms with Crippen molar-refractivity contribution in [2.24, 2.45) is 5.92 Å². The van der Waals surface area contributed by atoms with Crippen molar-refractivity contribution in [3.8, 4) is 17.2 Å². The Balaban J connectivity index is 2.10. The van der Waals surface area contributed by atoms with E-state index in [0.29, 0.717) is 5.75 Å². The Labute approximate surface area is 199 Å². The minimum Gasteiger partial charge on any atom is -0.493 e. The fraction of sp³-hybridized carbons (Fsp3) is 0.360. The second-order valence-corrected chi connectivity index (χ2v) is 7.61. The zero-order valence-corrected chi connectivity index (χ0v) is 19.9. The van der Waals surface area contributed by atoms with E-state index < -0.39 is 36.1 Å². The lowest BCUT2D eigenvalue weighted by Crippen LogP contribution is -2.44. The maximum atomic E-state index is 12.8. The van der Waals surface area contributed by atoms with E-state index in [2.05, 4.69) is 16.9 Å². The molecular formula is C25H30N2O7. The van der Waals surface area contributed by atoms with Crippen molar-refractivity contribution in [2.45, 2.75) is 45.9 Å². The quantitative estimate of drug-likeness (QED) is 0.393. The molecule has 0 unspecified atom stereocenters. The molecule has 0 aliphatic carbocycles. The SMILES string of the molecule is C=C[C@H](C)[C@@H](Oc1ccccc1)[C@H](C)OC(=O)[C@H](C)NC(=O)c1nccc(OC)c1OC(C)=O. The molecule has 9 nitrogen and oxygen atoms in total. The molecule has 1 aromatic carbocycles. The van der Waals surface area contributed by atoms with Crippen LogP contribution in [0.25, 0.3) is 0 Å². The smallest absolute Gasteiger partial charge is 0.328 e. The third-order valence-electron chi connectivity index (χ3n) is 4.92. The van der Waals surface area contributed by atoms with Gasteiger partial charge in [0.1, 0.15) is 24.0 Å².